The van der Waals surface area contributed by atoms with Crippen LogP contribution >= 0.6 is 11.3 Å². The highest BCUT2D eigenvalue weighted by Crippen LogP contribution is 2.12. The molecule has 16 heavy (non-hydrogen) atoms. The van der Waals surface area contributed by atoms with E-state index in [1.165, 1.54) is 16.8 Å². The summed E-state index contributed by atoms with van der Waals surface area (Å²) >= 11 is 1.73. The van der Waals surface area contributed by atoms with Crippen molar-refractivity contribution in [3.05, 3.63) is 39.8 Å². The summed E-state index contributed by atoms with van der Waals surface area (Å²) in [5, 5.41) is 12.0. The summed E-state index contributed by atoms with van der Waals surface area (Å²) in [6.45, 7) is 7.03. The number of nitrogens with zero attached hydrogens (tertiary/aromatic N) is 2. The van der Waals surface area contributed by atoms with E-state index in [2.05, 4.69) is 45.8 Å². The quantitative estimate of drug-likeness (QED) is 0.862. The van der Waals surface area contributed by atoms with Gasteiger partial charge in [0.25, 0.3) is 0 Å². The van der Waals surface area contributed by atoms with Crippen LogP contribution in [0.3, 0.4) is 0 Å². The van der Waals surface area contributed by atoms with E-state index in [1.807, 2.05) is 6.20 Å². The Hall–Kier alpha value is -1.13. The van der Waals surface area contributed by atoms with Gasteiger partial charge in [-0.15, -0.1) is 0 Å². The SMILES string of the molecule is CCNCc1cnn(Cc2ccsc2)c1C. The number of rotatable bonds is 5. The summed E-state index contributed by atoms with van der Waals surface area (Å²) in [7, 11) is 0. The van der Waals surface area contributed by atoms with E-state index < -0.39 is 0 Å². The third-order valence-electron chi connectivity index (χ3n) is 2.68. The largest absolute Gasteiger partial charge is 0.313 e. The number of hydrogen-bond donors (Lipinski definition) is 1. The highest BCUT2D eigenvalue weighted by molar-refractivity contribution is 7.07. The van der Waals surface area contributed by atoms with Crippen LogP contribution in [-0.2, 0) is 13.1 Å². The summed E-state index contributed by atoms with van der Waals surface area (Å²) in [5.74, 6) is 0. The maximum Gasteiger partial charge on any atom is 0.0670 e. The van der Waals surface area contributed by atoms with Crippen LogP contribution in [0.15, 0.2) is 23.0 Å². The second-order valence-corrected chi connectivity index (χ2v) is 4.60. The van der Waals surface area contributed by atoms with E-state index in [0.717, 1.165) is 19.6 Å². The molecule has 4 heteroatoms. The van der Waals surface area contributed by atoms with Crippen molar-refractivity contribution in [1.29, 1.82) is 0 Å². The predicted molar refractivity (Wildman–Crippen MR) is 67.8 cm³/mol. The van der Waals surface area contributed by atoms with Crippen molar-refractivity contribution >= 4 is 11.3 Å². The minimum absolute atomic E-state index is 0.876. The Bertz CT molecular complexity index is 431. The number of hydrogen-bond acceptors (Lipinski definition) is 3. The fourth-order valence-electron chi connectivity index (χ4n) is 1.63. The predicted octanol–water partition coefficient (Wildman–Crippen LogP) is 2.41. The molecule has 0 saturated heterocycles. The average Bonchev–Trinajstić information content (AvgIpc) is 2.89. The third-order valence-corrected chi connectivity index (χ3v) is 3.41. The average molecular weight is 235 g/mol. The van der Waals surface area contributed by atoms with Gasteiger partial charge in [0.1, 0.15) is 0 Å². The normalized spacial score (nSPS) is 10.9. The first-order valence-corrected chi connectivity index (χ1v) is 6.48. The lowest BCUT2D eigenvalue weighted by Gasteiger charge is -2.04. The lowest BCUT2D eigenvalue weighted by Crippen LogP contribution is -2.12. The topological polar surface area (TPSA) is 29.9 Å². The van der Waals surface area contributed by atoms with E-state index >= 15 is 0 Å². The Morgan fingerprint density at radius 1 is 1.50 bits per heavy atom. The molecule has 0 aliphatic rings. The Morgan fingerprint density at radius 2 is 2.38 bits per heavy atom. The second-order valence-electron chi connectivity index (χ2n) is 3.82. The maximum atomic E-state index is 4.42. The minimum atomic E-state index is 0.876. The third kappa shape index (κ3) is 2.51. The molecule has 0 unspecified atom stereocenters. The van der Waals surface area contributed by atoms with Gasteiger partial charge in [-0.25, -0.2) is 0 Å². The van der Waals surface area contributed by atoms with Crippen LogP contribution in [0.4, 0.5) is 0 Å². The van der Waals surface area contributed by atoms with E-state index in [4.69, 9.17) is 0 Å². The molecule has 0 aliphatic carbocycles. The Kier molecular flexibility index (Phi) is 3.74. The first kappa shape index (κ1) is 11.4. The number of thiophene rings is 1. The van der Waals surface area contributed by atoms with Crippen molar-refractivity contribution in [1.82, 2.24) is 15.1 Å². The molecule has 1 N–H and O–H groups in total. The van der Waals surface area contributed by atoms with Crippen LogP contribution in [0.5, 0.6) is 0 Å². The van der Waals surface area contributed by atoms with Crippen molar-refractivity contribution < 1.29 is 0 Å². The monoisotopic (exact) mass is 235 g/mol. The summed E-state index contributed by atoms with van der Waals surface area (Å²) in [6, 6.07) is 2.15. The highest BCUT2D eigenvalue weighted by atomic mass is 32.1. The standard InChI is InChI=1S/C12H17N3S/c1-3-13-6-12-7-14-15(10(12)2)8-11-4-5-16-9-11/h4-5,7,9,13H,3,6,8H2,1-2H3. The molecule has 3 nitrogen and oxygen atoms in total. The molecule has 86 valence electrons. The minimum Gasteiger partial charge on any atom is -0.313 e. The number of aromatic nitrogens is 2. The molecule has 0 bridgehead atoms. The van der Waals surface area contributed by atoms with Crippen LogP contribution in [-0.4, -0.2) is 16.3 Å². The van der Waals surface area contributed by atoms with E-state index in [9.17, 15) is 0 Å². The molecule has 2 heterocycles. The van der Waals surface area contributed by atoms with Crippen molar-refractivity contribution in [2.24, 2.45) is 0 Å². The zero-order valence-corrected chi connectivity index (χ0v) is 10.5. The van der Waals surface area contributed by atoms with Crippen molar-refractivity contribution in [2.75, 3.05) is 6.54 Å². The van der Waals surface area contributed by atoms with Crippen molar-refractivity contribution in [3.63, 3.8) is 0 Å². The Morgan fingerprint density at radius 3 is 3.06 bits per heavy atom. The molecule has 0 fully saturated rings. The van der Waals surface area contributed by atoms with Gasteiger partial charge in [0.05, 0.1) is 12.7 Å². The van der Waals surface area contributed by atoms with Crippen molar-refractivity contribution in [2.45, 2.75) is 26.9 Å². The molecular weight excluding hydrogens is 218 g/mol. The lowest BCUT2D eigenvalue weighted by atomic mass is 10.2. The van der Waals surface area contributed by atoms with Gasteiger partial charge in [-0.3, -0.25) is 4.68 Å². The van der Waals surface area contributed by atoms with Gasteiger partial charge in [-0.2, -0.15) is 16.4 Å². The summed E-state index contributed by atoms with van der Waals surface area (Å²) in [5.41, 5.74) is 3.87. The Balaban J connectivity index is 2.08. The van der Waals surface area contributed by atoms with Crippen LogP contribution in [0.25, 0.3) is 0 Å². The first-order valence-electron chi connectivity index (χ1n) is 5.54. The van der Waals surface area contributed by atoms with Gasteiger partial charge in [-0.1, -0.05) is 6.92 Å². The van der Waals surface area contributed by atoms with E-state index in [1.54, 1.807) is 11.3 Å². The molecule has 2 rings (SSSR count). The maximum absolute atomic E-state index is 4.42. The van der Waals surface area contributed by atoms with Crippen LogP contribution in [0, 0.1) is 6.92 Å². The van der Waals surface area contributed by atoms with Gasteiger partial charge in [-0.05, 0) is 35.9 Å². The first-order chi connectivity index (χ1) is 7.81. The van der Waals surface area contributed by atoms with Crippen molar-refractivity contribution in [3.8, 4) is 0 Å². The molecule has 0 aromatic carbocycles. The van der Waals surface area contributed by atoms with Gasteiger partial charge in [0.2, 0.25) is 0 Å². The number of nitrogens with one attached hydrogen (secondary N) is 1. The smallest absolute Gasteiger partial charge is 0.0670 e. The molecule has 2 aromatic heterocycles. The van der Waals surface area contributed by atoms with Gasteiger partial charge >= 0.3 is 0 Å². The molecule has 0 saturated carbocycles. The van der Waals surface area contributed by atoms with E-state index in [-0.39, 0.29) is 0 Å². The molecule has 0 amide bonds. The second kappa shape index (κ2) is 5.27. The van der Waals surface area contributed by atoms with Gasteiger partial charge < -0.3 is 5.32 Å². The van der Waals surface area contributed by atoms with Gasteiger partial charge in [0.15, 0.2) is 0 Å². The molecular formula is C12H17N3S. The molecule has 2 aromatic rings. The van der Waals surface area contributed by atoms with E-state index in [0.29, 0.717) is 0 Å². The van der Waals surface area contributed by atoms with Crippen LogP contribution < -0.4 is 5.32 Å². The molecule has 0 aliphatic heterocycles. The Labute approximate surface area is 100 Å². The molecule has 0 atom stereocenters. The summed E-state index contributed by atoms with van der Waals surface area (Å²) < 4.78 is 2.06. The van der Waals surface area contributed by atoms with Crippen LogP contribution in [0.2, 0.25) is 0 Å². The zero-order valence-electron chi connectivity index (χ0n) is 9.73. The zero-order chi connectivity index (χ0) is 11.4. The molecule has 0 spiro atoms. The highest BCUT2D eigenvalue weighted by Gasteiger charge is 2.06. The lowest BCUT2D eigenvalue weighted by molar-refractivity contribution is 0.660. The summed E-state index contributed by atoms with van der Waals surface area (Å²) in [6.07, 6.45) is 1.96. The fourth-order valence-corrected chi connectivity index (χ4v) is 2.29. The van der Waals surface area contributed by atoms with Crippen LogP contribution in [0.1, 0.15) is 23.7 Å². The summed E-state index contributed by atoms with van der Waals surface area (Å²) in [4.78, 5) is 0. The van der Waals surface area contributed by atoms with Gasteiger partial charge in [0, 0.05) is 17.8 Å². The molecule has 0 radical (unpaired) electrons. The fraction of sp³-hybridized carbons (Fsp3) is 0.417.